The number of hydrogen-bond acceptors (Lipinski definition) is 4. The molecular formula is C24H25N5O. The van der Waals surface area contributed by atoms with E-state index in [1.54, 1.807) is 17.7 Å². The maximum absolute atomic E-state index is 11.8. The van der Waals surface area contributed by atoms with Gasteiger partial charge in [0, 0.05) is 37.3 Å². The van der Waals surface area contributed by atoms with Crippen LogP contribution in [0.1, 0.15) is 48.3 Å². The molecule has 4 aromatic heterocycles. The highest BCUT2D eigenvalue weighted by atomic mass is 16.1. The second-order valence-corrected chi connectivity index (χ2v) is 8.08. The largest absolute Gasteiger partial charge is 0.318 e. The molecule has 1 aliphatic heterocycles. The van der Waals surface area contributed by atoms with Crippen LogP contribution in [-0.2, 0) is 7.05 Å². The minimum absolute atomic E-state index is 0.0143. The second kappa shape index (κ2) is 7.54. The fourth-order valence-electron chi connectivity index (χ4n) is 4.43. The Labute approximate surface area is 175 Å². The highest BCUT2D eigenvalue weighted by molar-refractivity contribution is 5.63. The monoisotopic (exact) mass is 399 g/mol. The third-order valence-electron chi connectivity index (χ3n) is 6.02. The lowest BCUT2D eigenvalue weighted by molar-refractivity contribution is 0.321. The van der Waals surface area contributed by atoms with Crippen molar-refractivity contribution in [3.63, 3.8) is 0 Å². The van der Waals surface area contributed by atoms with Crippen LogP contribution in [0.15, 0.2) is 65.8 Å². The van der Waals surface area contributed by atoms with E-state index in [2.05, 4.69) is 40.0 Å². The first-order valence-electron chi connectivity index (χ1n) is 10.4. The minimum Gasteiger partial charge on any atom is -0.318 e. The van der Waals surface area contributed by atoms with Gasteiger partial charge >= 0.3 is 0 Å². The molecule has 0 spiro atoms. The molecule has 152 valence electrons. The van der Waals surface area contributed by atoms with Gasteiger partial charge in [0.05, 0.1) is 29.2 Å². The number of aryl methyl sites for hydroxylation is 2. The van der Waals surface area contributed by atoms with Crippen LogP contribution in [0.4, 0.5) is 0 Å². The first-order chi connectivity index (χ1) is 14.6. The lowest BCUT2D eigenvalue weighted by Gasteiger charge is -2.30. The summed E-state index contributed by atoms with van der Waals surface area (Å²) in [5, 5.41) is 3.78. The molecule has 1 saturated heterocycles. The molecule has 1 aliphatic rings. The number of aromatic nitrogens is 4. The Kier molecular flexibility index (Phi) is 4.71. The van der Waals surface area contributed by atoms with Crippen LogP contribution in [0.5, 0.6) is 0 Å². The third kappa shape index (κ3) is 3.33. The average Bonchev–Trinajstić information content (AvgIpc) is 3.21. The molecule has 5 rings (SSSR count). The van der Waals surface area contributed by atoms with Gasteiger partial charge in [-0.05, 0) is 56.0 Å². The van der Waals surface area contributed by atoms with Crippen molar-refractivity contribution in [3.8, 4) is 11.3 Å². The summed E-state index contributed by atoms with van der Waals surface area (Å²) < 4.78 is 3.72. The van der Waals surface area contributed by atoms with Crippen LogP contribution in [0, 0.1) is 6.92 Å². The fraction of sp³-hybridized carbons (Fsp3) is 0.292. The Balaban J connectivity index is 1.50. The van der Waals surface area contributed by atoms with Crippen LogP contribution >= 0.6 is 0 Å². The predicted octanol–water partition coefficient (Wildman–Crippen LogP) is 3.96. The van der Waals surface area contributed by atoms with Gasteiger partial charge in [-0.2, -0.15) is 0 Å². The number of hydrogen-bond donors (Lipinski definition) is 1. The Bertz CT molecular complexity index is 1270. The van der Waals surface area contributed by atoms with E-state index >= 15 is 0 Å². The summed E-state index contributed by atoms with van der Waals surface area (Å²) in [6.07, 6.45) is 9.15. The van der Waals surface area contributed by atoms with Crippen molar-refractivity contribution in [2.45, 2.75) is 38.3 Å². The van der Waals surface area contributed by atoms with Crippen molar-refractivity contribution in [1.82, 2.24) is 24.3 Å². The first kappa shape index (κ1) is 18.8. The van der Waals surface area contributed by atoms with Gasteiger partial charge in [-0.1, -0.05) is 12.1 Å². The van der Waals surface area contributed by atoms with Crippen LogP contribution in [0.25, 0.3) is 16.9 Å². The van der Waals surface area contributed by atoms with E-state index in [1.807, 2.05) is 36.7 Å². The third-order valence-corrected chi connectivity index (χ3v) is 6.02. The van der Waals surface area contributed by atoms with Crippen molar-refractivity contribution >= 4 is 5.65 Å². The van der Waals surface area contributed by atoms with Crippen LogP contribution in [-0.4, -0.2) is 18.9 Å². The smallest absolute Gasteiger partial charge is 0.250 e. The number of pyridine rings is 3. The summed E-state index contributed by atoms with van der Waals surface area (Å²) in [5.41, 5.74) is 6.32. The number of nitrogens with one attached hydrogen (secondary N) is 1. The van der Waals surface area contributed by atoms with Gasteiger partial charge in [-0.15, -0.1) is 0 Å². The van der Waals surface area contributed by atoms with E-state index in [0.717, 1.165) is 47.6 Å². The summed E-state index contributed by atoms with van der Waals surface area (Å²) in [7, 11) is 1.77. The molecule has 2 atom stereocenters. The maximum Gasteiger partial charge on any atom is 0.250 e. The standard InChI is InChI=1S/C24H25N5O/c1-16-6-5-13-25-24(16)19-8-3-7-18(26-19)20-15-29-21(9-4-10-22(29)27-20)17-11-12-23(30)28(2)14-17/h4-6,9-15,18-19,26H,3,7-8H2,1-2H3/t18-,19+/m1/s1. The van der Waals surface area contributed by atoms with Crippen molar-refractivity contribution in [3.05, 3.63) is 88.4 Å². The lowest BCUT2D eigenvalue weighted by Crippen LogP contribution is -2.32. The van der Waals surface area contributed by atoms with Gasteiger partial charge in [0.25, 0.3) is 0 Å². The maximum atomic E-state index is 11.8. The van der Waals surface area contributed by atoms with E-state index in [1.165, 1.54) is 5.56 Å². The molecule has 30 heavy (non-hydrogen) atoms. The lowest BCUT2D eigenvalue weighted by atomic mass is 9.93. The van der Waals surface area contributed by atoms with Crippen molar-refractivity contribution in [1.29, 1.82) is 0 Å². The molecule has 0 bridgehead atoms. The van der Waals surface area contributed by atoms with Crippen LogP contribution in [0.3, 0.4) is 0 Å². The normalized spacial score (nSPS) is 19.3. The van der Waals surface area contributed by atoms with Gasteiger partial charge in [0.2, 0.25) is 5.56 Å². The molecule has 0 saturated carbocycles. The Morgan fingerprint density at radius 1 is 1.03 bits per heavy atom. The Morgan fingerprint density at radius 2 is 1.90 bits per heavy atom. The number of imidazole rings is 1. The fourth-order valence-corrected chi connectivity index (χ4v) is 4.43. The first-order valence-corrected chi connectivity index (χ1v) is 10.4. The number of fused-ring (bicyclic) bond motifs is 1. The van der Waals surface area contributed by atoms with Gasteiger partial charge in [0.1, 0.15) is 5.65 Å². The second-order valence-electron chi connectivity index (χ2n) is 8.08. The highest BCUT2D eigenvalue weighted by Crippen LogP contribution is 2.33. The molecule has 0 aromatic carbocycles. The zero-order valence-electron chi connectivity index (χ0n) is 17.2. The SMILES string of the molecule is Cc1cccnc1[C@@H]1CCC[C@H](c2cn3c(-c4ccc(=O)n(C)c4)cccc3n2)N1. The van der Waals surface area contributed by atoms with E-state index < -0.39 is 0 Å². The summed E-state index contributed by atoms with van der Waals surface area (Å²) in [4.78, 5) is 21.3. The predicted molar refractivity (Wildman–Crippen MR) is 117 cm³/mol. The van der Waals surface area contributed by atoms with Gasteiger partial charge in [-0.25, -0.2) is 4.98 Å². The quantitative estimate of drug-likeness (QED) is 0.566. The molecule has 0 radical (unpaired) electrons. The van der Waals surface area contributed by atoms with Gasteiger partial charge < -0.3 is 9.88 Å². The van der Waals surface area contributed by atoms with E-state index in [-0.39, 0.29) is 17.6 Å². The molecule has 6 nitrogen and oxygen atoms in total. The van der Waals surface area contributed by atoms with Gasteiger partial charge in [0.15, 0.2) is 0 Å². The molecule has 0 unspecified atom stereocenters. The summed E-state index contributed by atoms with van der Waals surface area (Å²) in [6, 6.07) is 14.1. The molecule has 5 heterocycles. The minimum atomic E-state index is -0.0143. The summed E-state index contributed by atoms with van der Waals surface area (Å²) >= 11 is 0. The zero-order valence-corrected chi connectivity index (χ0v) is 17.2. The van der Waals surface area contributed by atoms with E-state index in [9.17, 15) is 4.79 Å². The molecule has 4 aromatic rings. The van der Waals surface area contributed by atoms with Crippen molar-refractivity contribution in [2.75, 3.05) is 0 Å². The summed E-state index contributed by atoms with van der Waals surface area (Å²) in [5.74, 6) is 0. The molecular weight excluding hydrogens is 374 g/mol. The van der Waals surface area contributed by atoms with Crippen LogP contribution < -0.4 is 10.9 Å². The average molecular weight is 399 g/mol. The number of piperidine rings is 1. The van der Waals surface area contributed by atoms with E-state index in [0.29, 0.717) is 0 Å². The molecule has 0 amide bonds. The Morgan fingerprint density at radius 3 is 2.73 bits per heavy atom. The summed E-state index contributed by atoms with van der Waals surface area (Å²) in [6.45, 7) is 2.12. The van der Waals surface area contributed by atoms with Crippen molar-refractivity contribution in [2.24, 2.45) is 7.05 Å². The number of nitrogens with zero attached hydrogens (tertiary/aromatic N) is 4. The van der Waals surface area contributed by atoms with Crippen LogP contribution in [0.2, 0.25) is 0 Å². The topological polar surface area (TPSA) is 64.2 Å². The molecule has 1 N–H and O–H groups in total. The zero-order chi connectivity index (χ0) is 20.7. The van der Waals surface area contributed by atoms with Crippen molar-refractivity contribution < 1.29 is 0 Å². The molecule has 1 fully saturated rings. The van der Waals surface area contributed by atoms with E-state index in [4.69, 9.17) is 4.98 Å². The Hall–Kier alpha value is -3.25. The van der Waals surface area contributed by atoms with Gasteiger partial charge in [-0.3, -0.25) is 14.2 Å². The molecule has 6 heteroatoms. The number of rotatable bonds is 3. The highest BCUT2D eigenvalue weighted by Gasteiger charge is 2.27. The molecule has 0 aliphatic carbocycles.